The van der Waals surface area contributed by atoms with E-state index in [1.54, 1.807) is 0 Å². The van der Waals surface area contributed by atoms with Crippen LogP contribution in [0.4, 0.5) is 5.82 Å². The molecule has 1 aromatic heterocycles. The fourth-order valence-electron chi connectivity index (χ4n) is 3.68. The molecule has 4 nitrogen and oxygen atoms in total. The molecule has 0 aliphatic carbocycles. The second kappa shape index (κ2) is 4.75. The van der Waals surface area contributed by atoms with Crippen LogP contribution in [0.3, 0.4) is 0 Å². The van der Waals surface area contributed by atoms with Gasteiger partial charge in [-0.15, -0.1) is 0 Å². The van der Waals surface area contributed by atoms with Crippen molar-refractivity contribution in [2.24, 2.45) is 5.41 Å². The van der Waals surface area contributed by atoms with Gasteiger partial charge in [0.2, 0.25) is 0 Å². The standard InChI is InChI=1S/C15H23N3O/c1-11-10-14(17-13(3)16-11)18-7-4-15(12(18)2)5-8-19-9-6-15/h10,12H,4-9H2,1-3H3/t12-/m1/s1. The maximum Gasteiger partial charge on any atom is 0.132 e. The fraction of sp³-hybridized carbons (Fsp3) is 0.733. The molecule has 1 atom stereocenters. The Morgan fingerprint density at radius 3 is 2.63 bits per heavy atom. The molecule has 2 fully saturated rings. The van der Waals surface area contributed by atoms with Crippen molar-refractivity contribution in [3.05, 3.63) is 17.6 Å². The van der Waals surface area contributed by atoms with Crippen LogP contribution in [0.1, 0.15) is 37.7 Å². The highest BCUT2D eigenvalue weighted by Gasteiger charge is 2.45. The van der Waals surface area contributed by atoms with Crippen molar-refractivity contribution >= 4 is 5.82 Å². The quantitative estimate of drug-likeness (QED) is 0.778. The molecule has 3 rings (SSSR count). The van der Waals surface area contributed by atoms with Crippen LogP contribution in [0.5, 0.6) is 0 Å². The summed E-state index contributed by atoms with van der Waals surface area (Å²) in [6, 6.07) is 2.66. The van der Waals surface area contributed by atoms with E-state index >= 15 is 0 Å². The Balaban J connectivity index is 1.86. The van der Waals surface area contributed by atoms with Gasteiger partial charge in [0.1, 0.15) is 11.6 Å². The van der Waals surface area contributed by atoms with Crippen molar-refractivity contribution in [3.63, 3.8) is 0 Å². The maximum atomic E-state index is 5.54. The summed E-state index contributed by atoms with van der Waals surface area (Å²) < 4.78 is 5.54. The summed E-state index contributed by atoms with van der Waals surface area (Å²) in [6.45, 7) is 9.31. The van der Waals surface area contributed by atoms with E-state index < -0.39 is 0 Å². The van der Waals surface area contributed by atoms with Gasteiger partial charge in [-0.2, -0.15) is 0 Å². The molecule has 19 heavy (non-hydrogen) atoms. The molecule has 2 aliphatic rings. The number of aryl methyl sites for hydroxylation is 2. The molecule has 2 saturated heterocycles. The van der Waals surface area contributed by atoms with Crippen LogP contribution < -0.4 is 4.90 Å². The molecule has 104 valence electrons. The lowest BCUT2D eigenvalue weighted by Gasteiger charge is -2.39. The number of aromatic nitrogens is 2. The minimum Gasteiger partial charge on any atom is -0.381 e. The third kappa shape index (κ3) is 2.22. The molecular formula is C15H23N3O. The first-order chi connectivity index (χ1) is 9.11. The Bertz CT molecular complexity index is 448. The van der Waals surface area contributed by atoms with Gasteiger partial charge in [0, 0.05) is 37.6 Å². The largest absolute Gasteiger partial charge is 0.381 e. The Hall–Kier alpha value is -1.16. The third-order valence-electron chi connectivity index (χ3n) is 4.94. The highest BCUT2D eigenvalue weighted by atomic mass is 16.5. The number of hydrogen-bond acceptors (Lipinski definition) is 4. The van der Waals surface area contributed by atoms with Crippen LogP contribution in [0.25, 0.3) is 0 Å². The number of nitrogens with zero attached hydrogens (tertiary/aromatic N) is 3. The lowest BCUT2D eigenvalue weighted by atomic mass is 9.74. The van der Waals surface area contributed by atoms with Crippen LogP contribution in [0, 0.1) is 19.3 Å². The fourth-order valence-corrected chi connectivity index (χ4v) is 3.68. The van der Waals surface area contributed by atoms with Crippen molar-refractivity contribution in [3.8, 4) is 0 Å². The molecule has 3 heterocycles. The zero-order valence-electron chi connectivity index (χ0n) is 12.1. The van der Waals surface area contributed by atoms with Crippen LogP contribution in [0.2, 0.25) is 0 Å². The van der Waals surface area contributed by atoms with Gasteiger partial charge in [-0.1, -0.05) is 0 Å². The third-order valence-corrected chi connectivity index (χ3v) is 4.94. The van der Waals surface area contributed by atoms with E-state index in [1.807, 2.05) is 13.8 Å². The van der Waals surface area contributed by atoms with Crippen molar-refractivity contribution in [2.75, 3.05) is 24.7 Å². The monoisotopic (exact) mass is 261 g/mol. The molecule has 1 spiro atoms. The van der Waals surface area contributed by atoms with Crippen LogP contribution in [-0.2, 0) is 4.74 Å². The Kier molecular flexibility index (Phi) is 3.21. The van der Waals surface area contributed by atoms with Crippen LogP contribution in [-0.4, -0.2) is 35.8 Å². The first-order valence-electron chi connectivity index (χ1n) is 7.27. The molecule has 0 unspecified atom stereocenters. The predicted molar refractivity (Wildman–Crippen MR) is 75.4 cm³/mol. The molecule has 0 bridgehead atoms. The topological polar surface area (TPSA) is 38.2 Å². The summed E-state index contributed by atoms with van der Waals surface area (Å²) in [7, 11) is 0. The molecule has 0 saturated carbocycles. The Labute approximate surface area is 115 Å². The maximum absolute atomic E-state index is 5.54. The predicted octanol–water partition coefficient (Wildman–Crippen LogP) is 2.49. The van der Waals surface area contributed by atoms with Gasteiger partial charge in [-0.3, -0.25) is 0 Å². The van der Waals surface area contributed by atoms with E-state index in [4.69, 9.17) is 4.74 Å². The molecule has 0 radical (unpaired) electrons. The van der Waals surface area contributed by atoms with E-state index in [-0.39, 0.29) is 0 Å². The van der Waals surface area contributed by atoms with Crippen molar-refractivity contribution in [1.29, 1.82) is 0 Å². The average molecular weight is 261 g/mol. The molecule has 0 N–H and O–H groups in total. The van der Waals surface area contributed by atoms with Gasteiger partial charge in [0.05, 0.1) is 0 Å². The molecule has 2 aliphatic heterocycles. The second-order valence-electron chi connectivity index (χ2n) is 6.01. The van der Waals surface area contributed by atoms with Gasteiger partial charge in [0.25, 0.3) is 0 Å². The molecule has 4 heteroatoms. The van der Waals surface area contributed by atoms with E-state index in [0.29, 0.717) is 11.5 Å². The van der Waals surface area contributed by atoms with Gasteiger partial charge in [0.15, 0.2) is 0 Å². The minimum atomic E-state index is 0.436. The second-order valence-corrected chi connectivity index (χ2v) is 6.01. The Morgan fingerprint density at radius 2 is 1.95 bits per heavy atom. The van der Waals surface area contributed by atoms with Gasteiger partial charge >= 0.3 is 0 Å². The summed E-state index contributed by atoms with van der Waals surface area (Å²) in [6.07, 6.45) is 3.64. The lowest BCUT2D eigenvalue weighted by molar-refractivity contribution is 0.0128. The minimum absolute atomic E-state index is 0.436. The van der Waals surface area contributed by atoms with Crippen LogP contribution in [0.15, 0.2) is 6.07 Å². The van der Waals surface area contributed by atoms with Crippen molar-refractivity contribution < 1.29 is 4.74 Å². The number of ether oxygens (including phenoxy) is 1. The number of hydrogen-bond donors (Lipinski definition) is 0. The average Bonchev–Trinajstić information content (AvgIpc) is 2.67. The lowest BCUT2D eigenvalue weighted by Crippen LogP contribution is -2.41. The first kappa shape index (κ1) is 12.9. The summed E-state index contributed by atoms with van der Waals surface area (Å²) in [5.74, 6) is 1.97. The summed E-state index contributed by atoms with van der Waals surface area (Å²) >= 11 is 0. The zero-order valence-corrected chi connectivity index (χ0v) is 12.1. The van der Waals surface area contributed by atoms with Crippen LogP contribution >= 0.6 is 0 Å². The highest BCUT2D eigenvalue weighted by Crippen LogP contribution is 2.45. The van der Waals surface area contributed by atoms with E-state index in [0.717, 1.165) is 37.1 Å². The number of rotatable bonds is 1. The summed E-state index contributed by atoms with van der Waals surface area (Å²) in [5.41, 5.74) is 1.49. The molecule has 0 aromatic carbocycles. The van der Waals surface area contributed by atoms with Crippen molar-refractivity contribution in [1.82, 2.24) is 9.97 Å². The molecule has 1 aromatic rings. The SMILES string of the molecule is Cc1cc(N2CCC3(CCOCC3)[C@H]2C)nc(C)n1. The van der Waals surface area contributed by atoms with Crippen molar-refractivity contribution in [2.45, 2.75) is 46.1 Å². The van der Waals surface area contributed by atoms with Gasteiger partial charge < -0.3 is 9.64 Å². The molecule has 0 amide bonds. The smallest absolute Gasteiger partial charge is 0.132 e. The normalized spacial score (nSPS) is 26.1. The van der Waals surface area contributed by atoms with Gasteiger partial charge in [-0.25, -0.2) is 9.97 Å². The first-order valence-corrected chi connectivity index (χ1v) is 7.27. The number of anilines is 1. The van der Waals surface area contributed by atoms with E-state index in [9.17, 15) is 0 Å². The molecular weight excluding hydrogens is 238 g/mol. The van der Waals surface area contributed by atoms with E-state index in [2.05, 4.69) is 27.9 Å². The zero-order chi connectivity index (χ0) is 13.5. The summed E-state index contributed by atoms with van der Waals surface area (Å²) in [4.78, 5) is 11.5. The Morgan fingerprint density at radius 1 is 1.21 bits per heavy atom. The summed E-state index contributed by atoms with van der Waals surface area (Å²) in [5, 5.41) is 0. The van der Waals surface area contributed by atoms with E-state index in [1.165, 1.54) is 19.3 Å². The van der Waals surface area contributed by atoms with Gasteiger partial charge in [-0.05, 0) is 45.4 Å². The highest BCUT2D eigenvalue weighted by molar-refractivity contribution is 5.43.